The highest BCUT2D eigenvalue weighted by Gasteiger charge is 2.44. The molecule has 0 aliphatic carbocycles. The smallest absolute Gasteiger partial charge is 0.264 e. The summed E-state index contributed by atoms with van der Waals surface area (Å²) >= 11 is 1.95. The van der Waals surface area contributed by atoms with Crippen LogP contribution in [0.3, 0.4) is 0 Å². The predicted molar refractivity (Wildman–Crippen MR) is 76.8 cm³/mol. The molecule has 2 heterocycles. The van der Waals surface area contributed by atoms with E-state index in [4.69, 9.17) is 4.74 Å². The summed E-state index contributed by atoms with van der Waals surface area (Å²) in [6.45, 7) is 3.44. The minimum absolute atomic E-state index is 0.158. The summed E-state index contributed by atoms with van der Waals surface area (Å²) < 4.78 is 6.22. The van der Waals surface area contributed by atoms with E-state index >= 15 is 0 Å². The third-order valence-electron chi connectivity index (χ3n) is 3.40. The zero-order valence-electron chi connectivity index (χ0n) is 10.7. The van der Waals surface area contributed by atoms with Gasteiger partial charge in [-0.05, 0) is 35.6 Å². The minimum atomic E-state index is -0.725. The molecule has 2 aliphatic rings. The van der Waals surface area contributed by atoms with Crippen LogP contribution in [0.25, 0.3) is 0 Å². The van der Waals surface area contributed by atoms with Gasteiger partial charge in [0.05, 0.1) is 16.3 Å². The summed E-state index contributed by atoms with van der Waals surface area (Å²) in [5.74, 6) is 0.283. The maximum atomic E-state index is 11.6. The molecule has 19 heavy (non-hydrogen) atoms. The summed E-state index contributed by atoms with van der Waals surface area (Å²) in [4.78, 5) is 13.4. The van der Waals surface area contributed by atoms with Gasteiger partial charge in [-0.1, -0.05) is 6.92 Å². The second kappa shape index (κ2) is 5.78. The SMILES string of the molecule is CC=C1NC(=O)C(I)=CN1C1OC(CO)C(O)C1C. The molecule has 0 bridgehead atoms. The first kappa shape index (κ1) is 14.8. The van der Waals surface area contributed by atoms with Crippen LogP contribution in [0.4, 0.5) is 0 Å². The summed E-state index contributed by atoms with van der Waals surface area (Å²) in [7, 11) is 0. The molecule has 4 unspecified atom stereocenters. The Morgan fingerprint density at radius 1 is 1.63 bits per heavy atom. The quantitative estimate of drug-likeness (QED) is 0.600. The van der Waals surface area contributed by atoms with Crippen LogP contribution in [0.1, 0.15) is 13.8 Å². The van der Waals surface area contributed by atoms with Crippen molar-refractivity contribution in [2.45, 2.75) is 32.3 Å². The molecule has 1 fully saturated rings. The van der Waals surface area contributed by atoms with Crippen LogP contribution in [-0.2, 0) is 9.53 Å². The maximum Gasteiger partial charge on any atom is 0.264 e. The number of nitrogens with zero attached hydrogens (tertiary/aromatic N) is 1. The second-order valence-corrected chi connectivity index (χ2v) is 5.77. The lowest BCUT2D eigenvalue weighted by Crippen LogP contribution is -2.44. The Balaban J connectivity index is 2.28. The average molecular weight is 380 g/mol. The van der Waals surface area contributed by atoms with Crippen LogP contribution in [0.2, 0.25) is 0 Å². The first-order valence-corrected chi connectivity index (χ1v) is 7.15. The highest BCUT2D eigenvalue weighted by molar-refractivity contribution is 14.1. The van der Waals surface area contributed by atoms with Crippen molar-refractivity contribution in [3.63, 3.8) is 0 Å². The zero-order chi connectivity index (χ0) is 14.2. The number of ether oxygens (including phenoxy) is 1. The topological polar surface area (TPSA) is 82.0 Å². The number of amides is 1. The Morgan fingerprint density at radius 2 is 2.32 bits per heavy atom. The number of carbonyl (C=O) groups excluding carboxylic acids is 1. The molecule has 1 saturated heterocycles. The number of hydrogen-bond donors (Lipinski definition) is 3. The lowest BCUT2D eigenvalue weighted by molar-refractivity contribution is -0.118. The summed E-state index contributed by atoms with van der Waals surface area (Å²) in [6, 6.07) is 0. The normalized spacial score (nSPS) is 37.5. The Morgan fingerprint density at radius 3 is 2.84 bits per heavy atom. The molecule has 0 saturated carbocycles. The van der Waals surface area contributed by atoms with Crippen molar-refractivity contribution in [1.29, 1.82) is 0 Å². The van der Waals surface area contributed by atoms with Gasteiger partial charge in [0.15, 0.2) is 0 Å². The minimum Gasteiger partial charge on any atom is -0.394 e. The molecule has 3 N–H and O–H groups in total. The number of aliphatic hydroxyl groups excluding tert-OH is 2. The van der Waals surface area contributed by atoms with Crippen molar-refractivity contribution in [2.75, 3.05) is 6.61 Å². The van der Waals surface area contributed by atoms with Gasteiger partial charge < -0.3 is 25.2 Å². The van der Waals surface area contributed by atoms with Crippen LogP contribution in [0.15, 0.2) is 21.7 Å². The number of carbonyl (C=O) groups is 1. The third kappa shape index (κ3) is 2.64. The number of hydrogen-bond acceptors (Lipinski definition) is 5. The summed E-state index contributed by atoms with van der Waals surface area (Å²) in [5, 5.41) is 21.9. The molecular weight excluding hydrogens is 363 g/mol. The fraction of sp³-hybridized carbons (Fsp3) is 0.583. The van der Waals surface area contributed by atoms with Gasteiger partial charge in [0.25, 0.3) is 5.91 Å². The monoisotopic (exact) mass is 380 g/mol. The maximum absolute atomic E-state index is 11.6. The summed E-state index contributed by atoms with van der Waals surface area (Å²) in [5.41, 5.74) is 0. The van der Waals surface area contributed by atoms with E-state index in [2.05, 4.69) is 5.32 Å². The average Bonchev–Trinajstić information content (AvgIpc) is 2.69. The van der Waals surface area contributed by atoms with Gasteiger partial charge in [-0.15, -0.1) is 0 Å². The molecule has 6 nitrogen and oxygen atoms in total. The van der Waals surface area contributed by atoms with E-state index in [1.165, 1.54) is 0 Å². The number of allylic oxidation sites excluding steroid dienone is 1. The Kier molecular flexibility index (Phi) is 4.49. The van der Waals surface area contributed by atoms with Crippen molar-refractivity contribution in [3.05, 3.63) is 21.7 Å². The van der Waals surface area contributed by atoms with Crippen molar-refractivity contribution < 1.29 is 19.7 Å². The van der Waals surface area contributed by atoms with Gasteiger partial charge >= 0.3 is 0 Å². The van der Waals surface area contributed by atoms with E-state index in [1.807, 2.05) is 36.4 Å². The van der Waals surface area contributed by atoms with Gasteiger partial charge in [-0.25, -0.2) is 0 Å². The molecule has 106 valence electrons. The van der Waals surface area contributed by atoms with E-state index in [9.17, 15) is 15.0 Å². The van der Waals surface area contributed by atoms with Gasteiger partial charge in [-0.2, -0.15) is 0 Å². The van der Waals surface area contributed by atoms with Crippen molar-refractivity contribution >= 4 is 28.5 Å². The molecule has 0 aromatic heterocycles. The molecule has 0 aromatic carbocycles. The number of halogens is 1. The lowest BCUT2D eigenvalue weighted by Gasteiger charge is -2.34. The molecule has 2 rings (SSSR count). The van der Waals surface area contributed by atoms with Gasteiger partial charge in [0.2, 0.25) is 0 Å². The standard InChI is InChI=1S/C12H17IN2O4/c1-3-9-14-11(18)7(13)4-15(9)12-6(2)10(17)8(5-16)19-12/h3-4,6,8,10,12,16-17H,5H2,1-2H3,(H,14,18). The molecule has 0 radical (unpaired) electrons. The molecule has 0 spiro atoms. The molecule has 4 atom stereocenters. The fourth-order valence-corrected chi connectivity index (χ4v) is 2.72. The number of rotatable bonds is 2. The van der Waals surface area contributed by atoms with Crippen molar-refractivity contribution in [3.8, 4) is 0 Å². The van der Waals surface area contributed by atoms with Gasteiger partial charge in [0, 0.05) is 12.1 Å². The van der Waals surface area contributed by atoms with Crippen molar-refractivity contribution in [1.82, 2.24) is 10.2 Å². The van der Waals surface area contributed by atoms with Crippen LogP contribution in [0.5, 0.6) is 0 Å². The second-order valence-electron chi connectivity index (χ2n) is 4.61. The number of nitrogens with one attached hydrogen (secondary N) is 1. The first-order chi connectivity index (χ1) is 8.99. The van der Waals surface area contributed by atoms with Crippen LogP contribution in [-0.4, -0.2) is 46.1 Å². The van der Waals surface area contributed by atoms with E-state index in [0.29, 0.717) is 9.40 Å². The lowest BCUT2D eigenvalue weighted by atomic mass is 10.0. The van der Waals surface area contributed by atoms with Gasteiger partial charge in [-0.3, -0.25) is 4.79 Å². The van der Waals surface area contributed by atoms with E-state index in [1.54, 1.807) is 17.2 Å². The molecule has 7 heteroatoms. The van der Waals surface area contributed by atoms with Crippen molar-refractivity contribution in [2.24, 2.45) is 5.92 Å². The predicted octanol–water partition coefficient (Wildman–Crippen LogP) is 0.270. The van der Waals surface area contributed by atoms with Crippen LogP contribution in [0, 0.1) is 5.92 Å². The van der Waals surface area contributed by atoms with E-state index in [0.717, 1.165) is 0 Å². The largest absolute Gasteiger partial charge is 0.394 e. The van der Waals surface area contributed by atoms with E-state index in [-0.39, 0.29) is 18.4 Å². The molecule has 2 aliphatic heterocycles. The zero-order valence-corrected chi connectivity index (χ0v) is 12.9. The number of aliphatic hydroxyl groups is 2. The van der Waals surface area contributed by atoms with Crippen LogP contribution >= 0.6 is 22.6 Å². The van der Waals surface area contributed by atoms with Gasteiger partial charge in [0.1, 0.15) is 18.2 Å². The Labute approximate surface area is 125 Å². The first-order valence-electron chi connectivity index (χ1n) is 6.07. The highest BCUT2D eigenvalue weighted by atomic mass is 127. The molecule has 1 amide bonds. The summed E-state index contributed by atoms with van der Waals surface area (Å²) in [6.07, 6.45) is 1.73. The van der Waals surface area contributed by atoms with Crippen LogP contribution < -0.4 is 5.32 Å². The molecule has 0 aromatic rings. The highest BCUT2D eigenvalue weighted by Crippen LogP contribution is 2.33. The Bertz CT molecular complexity index is 437. The van der Waals surface area contributed by atoms with E-state index < -0.39 is 18.4 Å². The molecular formula is C12H17IN2O4. The third-order valence-corrected chi connectivity index (χ3v) is 4.17. The Hall–Kier alpha value is -0.640. The fourth-order valence-electron chi connectivity index (χ4n) is 2.28.